The quantitative estimate of drug-likeness (QED) is 0.677. The molecule has 0 aliphatic heterocycles. The van der Waals surface area contributed by atoms with Gasteiger partial charge in [-0.3, -0.25) is 4.79 Å². The molecule has 142 valence electrons. The first kappa shape index (κ1) is 20.1. The molecule has 1 amide bonds. The zero-order valence-electron chi connectivity index (χ0n) is 14.9. The molecule has 2 aromatic rings. The topological polar surface area (TPSA) is 102 Å². The molecule has 0 bridgehead atoms. The number of amides is 1. The van der Waals surface area contributed by atoms with E-state index in [2.05, 4.69) is 5.32 Å². The van der Waals surface area contributed by atoms with Crippen molar-refractivity contribution >= 4 is 17.8 Å². The summed E-state index contributed by atoms with van der Waals surface area (Å²) >= 11 is 0. The van der Waals surface area contributed by atoms with Gasteiger partial charge in [0.25, 0.3) is 5.91 Å². The predicted molar refractivity (Wildman–Crippen MR) is 96.7 cm³/mol. The fourth-order valence-corrected chi connectivity index (χ4v) is 2.38. The first-order chi connectivity index (χ1) is 13.0. The fourth-order valence-electron chi connectivity index (χ4n) is 2.38. The third kappa shape index (κ3) is 6.23. The van der Waals surface area contributed by atoms with Crippen molar-refractivity contribution < 1.29 is 29.0 Å². The third-order valence-corrected chi connectivity index (χ3v) is 3.81. The minimum absolute atomic E-state index is 0.131. The maximum atomic E-state index is 12.1. The number of carbonyl (C=O) groups is 3. The second-order valence-electron chi connectivity index (χ2n) is 5.76. The van der Waals surface area contributed by atoms with E-state index < -0.39 is 30.5 Å². The van der Waals surface area contributed by atoms with Crippen LogP contribution in [0.4, 0.5) is 0 Å². The van der Waals surface area contributed by atoms with E-state index >= 15 is 0 Å². The summed E-state index contributed by atoms with van der Waals surface area (Å²) in [4.78, 5) is 35.9. The summed E-state index contributed by atoms with van der Waals surface area (Å²) < 4.78 is 9.68. The molecule has 2 aromatic carbocycles. The molecule has 7 heteroatoms. The van der Waals surface area contributed by atoms with Gasteiger partial charge in [-0.25, -0.2) is 9.59 Å². The molecule has 0 saturated carbocycles. The number of aliphatic hydroxyl groups excluding tert-OH is 1. The van der Waals surface area contributed by atoms with Crippen molar-refractivity contribution in [3.05, 3.63) is 71.3 Å². The van der Waals surface area contributed by atoms with Gasteiger partial charge in [0.05, 0.1) is 19.3 Å². The van der Waals surface area contributed by atoms with E-state index in [1.165, 1.54) is 19.2 Å². The molecule has 0 saturated heterocycles. The Morgan fingerprint density at radius 2 is 1.67 bits per heavy atom. The molecule has 27 heavy (non-hydrogen) atoms. The normalized spacial score (nSPS) is 11.3. The van der Waals surface area contributed by atoms with Gasteiger partial charge < -0.3 is 19.9 Å². The van der Waals surface area contributed by atoms with Gasteiger partial charge in [-0.1, -0.05) is 42.5 Å². The van der Waals surface area contributed by atoms with Crippen LogP contribution in [-0.4, -0.2) is 42.7 Å². The Morgan fingerprint density at radius 3 is 2.26 bits per heavy atom. The second kappa shape index (κ2) is 10.1. The summed E-state index contributed by atoms with van der Waals surface area (Å²) in [6, 6.07) is 14.5. The van der Waals surface area contributed by atoms with Gasteiger partial charge in [-0.15, -0.1) is 0 Å². The van der Waals surface area contributed by atoms with Crippen molar-refractivity contribution in [3.8, 4) is 0 Å². The molecule has 2 rings (SSSR count). The number of benzene rings is 2. The van der Waals surface area contributed by atoms with E-state index in [0.717, 1.165) is 5.56 Å². The molecule has 0 unspecified atom stereocenters. The molecule has 0 spiro atoms. The van der Waals surface area contributed by atoms with Gasteiger partial charge in [0.2, 0.25) is 0 Å². The van der Waals surface area contributed by atoms with E-state index in [0.29, 0.717) is 5.56 Å². The van der Waals surface area contributed by atoms with Gasteiger partial charge in [-0.2, -0.15) is 0 Å². The summed E-state index contributed by atoms with van der Waals surface area (Å²) in [5.41, 5.74) is 1.77. The summed E-state index contributed by atoms with van der Waals surface area (Å²) in [5.74, 6) is -1.87. The molecule has 0 aliphatic carbocycles. The van der Waals surface area contributed by atoms with Gasteiger partial charge in [-0.05, 0) is 23.3 Å². The maximum Gasteiger partial charge on any atom is 0.338 e. The highest BCUT2D eigenvalue weighted by Crippen LogP contribution is 2.07. The van der Waals surface area contributed by atoms with E-state index in [4.69, 9.17) is 14.6 Å². The molecular formula is C20H21NO6. The SMILES string of the molecule is COC(=O)[C@H](Cc1ccccc1)NC(=O)COC(=O)c1ccc(CO)cc1. The largest absolute Gasteiger partial charge is 0.467 e. The predicted octanol–water partition coefficient (Wildman–Crippen LogP) is 1.24. The summed E-state index contributed by atoms with van der Waals surface area (Å²) in [5, 5.41) is 11.5. The number of aliphatic hydroxyl groups is 1. The Balaban J connectivity index is 1.90. The summed E-state index contributed by atoms with van der Waals surface area (Å²) in [6.45, 7) is -0.656. The number of esters is 2. The Labute approximate surface area is 156 Å². The van der Waals surface area contributed by atoms with Crippen molar-refractivity contribution in [1.29, 1.82) is 0 Å². The Kier molecular flexibility index (Phi) is 7.51. The summed E-state index contributed by atoms with van der Waals surface area (Å²) in [6.07, 6.45) is 0.260. The van der Waals surface area contributed by atoms with Crippen LogP contribution in [0, 0.1) is 0 Å². The van der Waals surface area contributed by atoms with Crippen molar-refractivity contribution in [2.45, 2.75) is 19.1 Å². The molecule has 1 atom stereocenters. The van der Waals surface area contributed by atoms with Crippen molar-refractivity contribution in [2.75, 3.05) is 13.7 Å². The molecule has 0 aliphatic rings. The minimum Gasteiger partial charge on any atom is -0.467 e. The van der Waals surface area contributed by atoms with Gasteiger partial charge in [0, 0.05) is 6.42 Å². The number of ether oxygens (including phenoxy) is 2. The third-order valence-electron chi connectivity index (χ3n) is 3.81. The van der Waals surface area contributed by atoms with E-state index in [-0.39, 0.29) is 18.6 Å². The van der Waals surface area contributed by atoms with E-state index in [1.54, 1.807) is 12.1 Å². The van der Waals surface area contributed by atoms with Crippen molar-refractivity contribution in [3.63, 3.8) is 0 Å². The number of methoxy groups -OCH3 is 1. The number of rotatable bonds is 8. The van der Waals surface area contributed by atoms with E-state index in [9.17, 15) is 14.4 Å². The van der Waals surface area contributed by atoms with Crippen LogP contribution in [0.3, 0.4) is 0 Å². The highest BCUT2D eigenvalue weighted by molar-refractivity contribution is 5.92. The van der Waals surface area contributed by atoms with Crippen LogP contribution in [0.25, 0.3) is 0 Å². The smallest absolute Gasteiger partial charge is 0.338 e. The standard InChI is InChI=1S/C20H21NO6/c1-26-20(25)17(11-14-5-3-2-4-6-14)21-18(23)13-27-19(24)16-9-7-15(12-22)8-10-16/h2-10,17,22H,11-13H2,1H3,(H,21,23)/t17-/m0/s1. The van der Waals surface area contributed by atoms with Crippen molar-refractivity contribution in [1.82, 2.24) is 5.32 Å². The van der Waals surface area contributed by atoms with Crippen LogP contribution in [0.15, 0.2) is 54.6 Å². The minimum atomic E-state index is -0.882. The number of hydrogen-bond acceptors (Lipinski definition) is 6. The zero-order chi connectivity index (χ0) is 19.6. The summed E-state index contributed by atoms with van der Waals surface area (Å²) in [7, 11) is 1.24. The van der Waals surface area contributed by atoms with Crippen LogP contribution in [0.2, 0.25) is 0 Å². The van der Waals surface area contributed by atoms with Gasteiger partial charge in [0.1, 0.15) is 6.04 Å². The molecular weight excluding hydrogens is 350 g/mol. The first-order valence-electron chi connectivity index (χ1n) is 8.31. The van der Waals surface area contributed by atoms with Crippen LogP contribution in [0.5, 0.6) is 0 Å². The molecule has 2 N–H and O–H groups in total. The molecule has 7 nitrogen and oxygen atoms in total. The van der Waals surface area contributed by atoms with Crippen LogP contribution in [0.1, 0.15) is 21.5 Å². The average molecular weight is 371 g/mol. The lowest BCUT2D eigenvalue weighted by atomic mass is 10.1. The Bertz CT molecular complexity index is 773. The lowest BCUT2D eigenvalue weighted by Crippen LogP contribution is -2.44. The lowest BCUT2D eigenvalue weighted by Gasteiger charge is -2.16. The Hall–Kier alpha value is -3.19. The van der Waals surface area contributed by atoms with Gasteiger partial charge >= 0.3 is 11.9 Å². The number of nitrogens with one attached hydrogen (secondary N) is 1. The molecule has 0 heterocycles. The Morgan fingerprint density at radius 1 is 1.00 bits per heavy atom. The number of hydrogen-bond donors (Lipinski definition) is 2. The van der Waals surface area contributed by atoms with Gasteiger partial charge in [0.15, 0.2) is 6.61 Å². The zero-order valence-corrected chi connectivity index (χ0v) is 14.9. The van der Waals surface area contributed by atoms with Crippen LogP contribution >= 0.6 is 0 Å². The maximum absolute atomic E-state index is 12.1. The van der Waals surface area contributed by atoms with Crippen molar-refractivity contribution in [2.24, 2.45) is 0 Å². The monoisotopic (exact) mass is 371 g/mol. The molecule has 0 radical (unpaired) electrons. The molecule has 0 aromatic heterocycles. The highest BCUT2D eigenvalue weighted by Gasteiger charge is 2.22. The highest BCUT2D eigenvalue weighted by atomic mass is 16.5. The fraction of sp³-hybridized carbons (Fsp3) is 0.250. The second-order valence-corrected chi connectivity index (χ2v) is 5.76. The number of carbonyl (C=O) groups excluding carboxylic acids is 3. The van der Waals surface area contributed by atoms with Crippen LogP contribution in [-0.2, 0) is 32.1 Å². The first-order valence-corrected chi connectivity index (χ1v) is 8.31. The lowest BCUT2D eigenvalue weighted by molar-refractivity contribution is -0.145. The molecule has 0 fully saturated rings. The average Bonchev–Trinajstić information content (AvgIpc) is 2.71. The van der Waals surface area contributed by atoms with E-state index in [1.807, 2.05) is 30.3 Å². The van der Waals surface area contributed by atoms with Crippen LogP contribution < -0.4 is 5.32 Å².